The van der Waals surface area contributed by atoms with Gasteiger partial charge in [-0.15, -0.1) is 0 Å². The molecule has 0 aliphatic rings. The van der Waals surface area contributed by atoms with Crippen molar-refractivity contribution in [1.29, 1.82) is 0 Å². The third kappa shape index (κ3) is 5.27. The Labute approximate surface area is 141 Å². The first-order valence-electron chi connectivity index (χ1n) is 7.19. The lowest BCUT2D eigenvalue weighted by Crippen LogP contribution is -2.30. The van der Waals surface area contributed by atoms with Gasteiger partial charge in [0.2, 0.25) is 0 Å². The SMILES string of the molecule is CC(C)=CCOc1ccc(N(/N=C\c2ccc[nH]2)C(N)=S)cc1. The number of nitrogens with one attached hydrogen (secondary N) is 1. The van der Waals surface area contributed by atoms with Gasteiger partial charge in [-0.25, -0.2) is 5.01 Å². The van der Waals surface area contributed by atoms with Gasteiger partial charge in [0, 0.05) is 6.20 Å². The molecule has 2 aromatic rings. The average molecular weight is 328 g/mol. The second-order valence-corrected chi connectivity index (χ2v) is 5.52. The number of ether oxygens (including phenoxy) is 1. The molecule has 0 aliphatic heterocycles. The van der Waals surface area contributed by atoms with Crippen LogP contribution in [0.3, 0.4) is 0 Å². The molecule has 0 aliphatic carbocycles. The van der Waals surface area contributed by atoms with Crippen LogP contribution in [-0.2, 0) is 0 Å². The fourth-order valence-corrected chi connectivity index (χ4v) is 1.94. The van der Waals surface area contributed by atoms with Crippen molar-refractivity contribution in [2.75, 3.05) is 11.6 Å². The van der Waals surface area contributed by atoms with Crippen molar-refractivity contribution in [2.24, 2.45) is 10.8 Å². The highest BCUT2D eigenvalue weighted by atomic mass is 32.1. The largest absolute Gasteiger partial charge is 0.490 e. The van der Waals surface area contributed by atoms with Crippen LogP contribution in [0.5, 0.6) is 5.75 Å². The molecule has 6 heteroatoms. The van der Waals surface area contributed by atoms with Gasteiger partial charge in [-0.3, -0.25) is 0 Å². The molecule has 1 aromatic carbocycles. The minimum Gasteiger partial charge on any atom is -0.490 e. The number of rotatable bonds is 6. The predicted octanol–water partition coefficient (Wildman–Crippen LogP) is 3.44. The summed E-state index contributed by atoms with van der Waals surface area (Å²) in [7, 11) is 0. The molecule has 0 saturated carbocycles. The molecule has 0 saturated heterocycles. The van der Waals surface area contributed by atoms with E-state index in [-0.39, 0.29) is 5.11 Å². The maximum atomic E-state index is 5.75. The maximum Gasteiger partial charge on any atom is 0.191 e. The van der Waals surface area contributed by atoms with E-state index in [0.717, 1.165) is 17.1 Å². The van der Waals surface area contributed by atoms with E-state index in [2.05, 4.69) is 10.1 Å². The number of hydrogen-bond donors (Lipinski definition) is 2. The van der Waals surface area contributed by atoms with E-state index in [1.165, 1.54) is 10.6 Å². The summed E-state index contributed by atoms with van der Waals surface area (Å²) in [5, 5.41) is 5.98. The number of hydrazone groups is 1. The zero-order valence-electron chi connectivity index (χ0n) is 13.2. The minimum absolute atomic E-state index is 0.172. The Bertz CT molecular complexity index is 686. The van der Waals surface area contributed by atoms with E-state index in [9.17, 15) is 0 Å². The van der Waals surface area contributed by atoms with Crippen LogP contribution in [0.25, 0.3) is 0 Å². The van der Waals surface area contributed by atoms with Crippen LogP contribution in [0.15, 0.2) is 59.3 Å². The monoisotopic (exact) mass is 328 g/mol. The molecule has 1 heterocycles. The van der Waals surface area contributed by atoms with Gasteiger partial charge < -0.3 is 15.5 Å². The van der Waals surface area contributed by atoms with E-state index in [0.29, 0.717) is 6.61 Å². The highest BCUT2D eigenvalue weighted by molar-refractivity contribution is 7.80. The Morgan fingerprint density at radius 2 is 2.04 bits per heavy atom. The van der Waals surface area contributed by atoms with Crippen molar-refractivity contribution in [1.82, 2.24) is 4.98 Å². The lowest BCUT2D eigenvalue weighted by Gasteiger charge is -2.17. The Kier molecular flexibility index (Phi) is 5.94. The van der Waals surface area contributed by atoms with Crippen molar-refractivity contribution in [3.8, 4) is 5.75 Å². The number of hydrogen-bond acceptors (Lipinski definition) is 3. The van der Waals surface area contributed by atoms with Gasteiger partial charge in [0.1, 0.15) is 12.4 Å². The van der Waals surface area contributed by atoms with Crippen molar-refractivity contribution in [2.45, 2.75) is 13.8 Å². The standard InChI is InChI=1S/C17H20N4OS/c1-13(2)9-11-22-16-7-5-15(6-8-16)21(17(18)23)20-12-14-4-3-10-19-14/h3-10,12,19H,11H2,1-2H3,(H2,18,23)/b20-12-. The summed E-state index contributed by atoms with van der Waals surface area (Å²) in [5.41, 5.74) is 8.62. The van der Waals surface area contributed by atoms with Gasteiger partial charge >= 0.3 is 0 Å². The topological polar surface area (TPSA) is 66.6 Å². The van der Waals surface area contributed by atoms with Crippen molar-refractivity contribution < 1.29 is 4.74 Å². The summed E-state index contributed by atoms with van der Waals surface area (Å²) >= 11 is 5.07. The van der Waals surface area contributed by atoms with Crippen LogP contribution >= 0.6 is 12.2 Å². The average Bonchev–Trinajstić information content (AvgIpc) is 3.01. The Balaban J connectivity index is 2.08. The lowest BCUT2D eigenvalue weighted by molar-refractivity contribution is 0.362. The molecular formula is C17H20N4OS. The molecule has 120 valence electrons. The summed E-state index contributed by atoms with van der Waals surface area (Å²) in [6.45, 7) is 4.62. The first-order chi connectivity index (χ1) is 11.1. The van der Waals surface area contributed by atoms with Crippen LogP contribution in [0.1, 0.15) is 19.5 Å². The molecule has 3 N–H and O–H groups in total. The van der Waals surface area contributed by atoms with Gasteiger partial charge in [-0.1, -0.05) is 5.57 Å². The smallest absolute Gasteiger partial charge is 0.191 e. The van der Waals surface area contributed by atoms with Gasteiger partial charge in [0.15, 0.2) is 5.11 Å². The molecular weight excluding hydrogens is 308 g/mol. The fourth-order valence-electron chi connectivity index (χ4n) is 1.78. The van der Waals surface area contributed by atoms with E-state index >= 15 is 0 Å². The van der Waals surface area contributed by atoms with E-state index in [1.54, 1.807) is 6.21 Å². The highest BCUT2D eigenvalue weighted by Crippen LogP contribution is 2.20. The normalized spacial score (nSPS) is 10.5. The molecule has 23 heavy (non-hydrogen) atoms. The Morgan fingerprint density at radius 1 is 1.30 bits per heavy atom. The molecule has 0 atom stereocenters. The molecule has 0 radical (unpaired) electrons. The van der Waals surface area contributed by atoms with Gasteiger partial charge in [0.05, 0.1) is 17.6 Å². The van der Waals surface area contributed by atoms with Crippen LogP contribution in [-0.4, -0.2) is 22.9 Å². The number of anilines is 1. The summed E-state index contributed by atoms with van der Waals surface area (Å²) in [5.74, 6) is 0.780. The summed E-state index contributed by atoms with van der Waals surface area (Å²) in [4.78, 5) is 3.04. The molecule has 2 rings (SSSR count). The van der Waals surface area contributed by atoms with Crippen molar-refractivity contribution >= 4 is 29.2 Å². The fraction of sp³-hybridized carbons (Fsp3) is 0.176. The Hall–Kier alpha value is -2.60. The predicted molar refractivity (Wildman–Crippen MR) is 99.0 cm³/mol. The van der Waals surface area contributed by atoms with Gasteiger partial charge in [-0.05, 0) is 68.5 Å². The quantitative estimate of drug-likeness (QED) is 0.369. The van der Waals surface area contributed by atoms with E-state index in [1.807, 2.05) is 62.5 Å². The summed E-state index contributed by atoms with van der Waals surface area (Å²) < 4.78 is 5.63. The van der Waals surface area contributed by atoms with Crippen molar-refractivity contribution in [3.63, 3.8) is 0 Å². The minimum atomic E-state index is 0.172. The van der Waals surface area contributed by atoms with Gasteiger partial charge in [-0.2, -0.15) is 5.10 Å². The third-order valence-corrected chi connectivity index (χ3v) is 3.14. The number of nitrogens with zero attached hydrogens (tertiary/aromatic N) is 2. The first-order valence-corrected chi connectivity index (χ1v) is 7.60. The molecule has 0 fully saturated rings. The maximum absolute atomic E-state index is 5.75. The number of nitrogens with two attached hydrogens (primary N) is 1. The van der Waals surface area contributed by atoms with Gasteiger partial charge in [0.25, 0.3) is 0 Å². The molecule has 0 bridgehead atoms. The number of H-pyrrole nitrogens is 1. The molecule has 0 spiro atoms. The number of aromatic nitrogens is 1. The summed E-state index contributed by atoms with van der Waals surface area (Å²) in [6, 6.07) is 11.3. The number of allylic oxidation sites excluding steroid dienone is 1. The van der Waals surface area contributed by atoms with Crippen LogP contribution in [0.4, 0.5) is 5.69 Å². The number of thiocarbonyl (C=S) groups is 1. The van der Waals surface area contributed by atoms with Crippen LogP contribution < -0.4 is 15.5 Å². The lowest BCUT2D eigenvalue weighted by atomic mass is 10.3. The second-order valence-electron chi connectivity index (χ2n) is 5.11. The van der Waals surface area contributed by atoms with E-state index < -0.39 is 0 Å². The zero-order valence-corrected chi connectivity index (χ0v) is 14.0. The number of aromatic amines is 1. The Morgan fingerprint density at radius 3 is 2.61 bits per heavy atom. The molecule has 5 nitrogen and oxygen atoms in total. The molecule has 0 amide bonds. The van der Waals surface area contributed by atoms with Crippen LogP contribution in [0, 0.1) is 0 Å². The van der Waals surface area contributed by atoms with Crippen molar-refractivity contribution in [3.05, 3.63) is 59.9 Å². The first kappa shape index (κ1) is 16.8. The summed E-state index contributed by atoms with van der Waals surface area (Å²) in [6.07, 6.45) is 5.51. The van der Waals surface area contributed by atoms with E-state index in [4.69, 9.17) is 22.7 Å². The molecule has 0 unspecified atom stereocenters. The third-order valence-electron chi connectivity index (χ3n) is 2.97. The second kappa shape index (κ2) is 8.14. The zero-order chi connectivity index (χ0) is 16.7. The molecule has 1 aromatic heterocycles. The van der Waals surface area contributed by atoms with Crippen LogP contribution in [0.2, 0.25) is 0 Å². The number of benzene rings is 1. The highest BCUT2D eigenvalue weighted by Gasteiger charge is 2.07.